The number of alkyl halides is 3. The first-order valence-corrected chi connectivity index (χ1v) is 8.83. The first kappa shape index (κ1) is 21.0. The van der Waals surface area contributed by atoms with Gasteiger partial charge in [0.05, 0.1) is 12.0 Å². The van der Waals surface area contributed by atoms with E-state index in [0.29, 0.717) is 11.5 Å². The quantitative estimate of drug-likeness (QED) is 0.596. The summed E-state index contributed by atoms with van der Waals surface area (Å²) in [5, 5.41) is 0. The number of amides is 2. The van der Waals surface area contributed by atoms with Gasteiger partial charge >= 0.3 is 12.1 Å². The molecule has 0 unspecified atom stereocenters. The average molecular weight is 418 g/mol. The molecule has 9 heteroatoms. The van der Waals surface area contributed by atoms with Crippen molar-refractivity contribution in [2.45, 2.75) is 19.2 Å². The summed E-state index contributed by atoms with van der Waals surface area (Å²) in [6.45, 7) is 0.110. The van der Waals surface area contributed by atoms with Crippen molar-refractivity contribution in [3.63, 3.8) is 0 Å². The van der Waals surface area contributed by atoms with E-state index in [1.54, 1.807) is 18.2 Å². The summed E-state index contributed by atoms with van der Waals surface area (Å²) in [6, 6.07) is 16.4. The first-order chi connectivity index (χ1) is 14.3. The Morgan fingerprint density at radius 3 is 2.43 bits per heavy atom. The largest absolute Gasteiger partial charge is 0.486 e. The fourth-order valence-corrected chi connectivity index (χ4v) is 2.52. The van der Waals surface area contributed by atoms with Crippen LogP contribution in [0.1, 0.15) is 27.4 Å². The number of hydrazine groups is 1. The third kappa shape index (κ3) is 5.87. The van der Waals surface area contributed by atoms with Crippen LogP contribution in [0.4, 0.5) is 13.2 Å². The van der Waals surface area contributed by atoms with Crippen LogP contribution in [0.15, 0.2) is 71.1 Å². The monoisotopic (exact) mass is 418 g/mol. The Bertz CT molecular complexity index is 1020. The number of rotatable bonds is 6. The summed E-state index contributed by atoms with van der Waals surface area (Å²) >= 11 is 0. The molecule has 0 saturated heterocycles. The predicted molar refractivity (Wildman–Crippen MR) is 100 cm³/mol. The third-order valence-electron chi connectivity index (χ3n) is 3.94. The number of halogens is 3. The van der Waals surface area contributed by atoms with Crippen molar-refractivity contribution in [1.29, 1.82) is 0 Å². The van der Waals surface area contributed by atoms with Gasteiger partial charge in [-0.15, -0.1) is 0 Å². The van der Waals surface area contributed by atoms with Crippen molar-refractivity contribution in [3.05, 3.63) is 89.4 Å². The van der Waals surface area contributed by atoms with Gasteiger partial charge in [0.15, 0.2) is 5.76 Å². The molecule has 2 amide bonds. The molecular weight excluding hydrogens is 401 g/mol. The van der Waals surface area contributed by atoms with Crippen molar-refractivity contribution < 1.29 is 31.9 Å². The van der Waals surface area contributed by atoms with Crippen molar-refractivity contribution in [2.24, 2.45) is 0 Å². The molecule has 3 aromatic rings. The summed E-state index contributed by atoms with van der Waals surface area (Å²) < 4.78 is 49.0. The van der Waals surface area contributed by atoms with Crippen LogP contribution in [-0.2, 0) is 24.0 Å². The molecule has 0 saturated carbocycles. The fraction of sp³-hybridized carbons (Fsp3) is 0.143. The standard InChI is InChI=1S/C21H17F3N2O4/c22-21(23,24)15-6-4-5-14(11-15)12-19(27)25-26-20(28)18-10-9-17(30-18)13-29-16-7-2-1-3-8-16/h1-11H,12-13H2,(H,25,27)(H,26,28). The molecule has 0 bridgehead atoms. The molecule has 156 valence electrons. The van der Waals surface area contributed by atoms with Gasteiger partial charge in [0.1, 0.15) is 18.1 Å². The molecule has 1 heterocycles. The van der Waals surface area contributed by atoms with E-state index in [4.69, 9.17) is 9.15 Å². The van der Waals surface area contributed by atoms with Crippen molar-refractivity contribution in [1.82, 2.24) is 10.9 Å². The minimum atomic E-state index is -4.50. The Morgan fingerprint density at radius 2 is 1.70 bits per heavy atom. The molecule has 6 nitrogen and oxygen atoms in total. The smallest absolute Gasteiger partial charge is 0.416 e. The number of para-hydroxylation sites is 1. The van der Waals surface area contributed by atoms with Crippen LogP contribution in [0, 0.1) is 0 Å². The van der Waals surface area contributed by atoms with Crippen LogP contribution in [0.3, 0.4) is 0 Å². The minimum Gasteiger partial charge on any atom is -0.486 e. The van der Waals surface area contributed by atoms with Crippen LogP contribution in [0.2, 0.25) is 0 Å². The zero-order chi connectivity index (χ0) is 21.6. The lowest BCUT2D eigenvalue weighted by molar-refractivity contribution is -0.137. The van der Waals surface area contributed by atoms with Crippen LogP contribution >= 0.6 is 0 Å². The maximum absolute atomic E-state index is 12.7. The summed E-state index contributed by atoms with van der Waals surface area (Å²) in [7, 11) is 0. The Labute approximate surface area is 169 Å². The van der Waals surface area contributed by atoms with E-state index in [0.717, 1.165) is 12.1 Å². The summed E-state index contributed by atoms with van der Waals surface area (Å²) in [6.07, 6.45) is -4.83. The van der Waals surface area contributed by atoms with Gasteiger partial charge in [-0.3, -0.25) is 20.4 Å². The number of hydrogen-bond donors (Lipinski definition) is 2. The van der Waals surface area contributed by atoms with Gasteiger partial charge < -0.3 is 9.15 Å². The molecular formula is C21H17F3N2O4. The highest BCUT2D eigenvalue weighted by Crippen LogP contribution is 2.29. The summed E-state index contributed by atoms with van der Waals surface area (Å²) in [5.41, 5.74) is 3.61. The highest BCUT2D eigenvalue weighted by atomic mass is 19.4. The second-order valence-electron chi connectivity index (χ2n) is 6.24. The molecule has 2 aromatic carbocycles. The summed E-state index contributed by atoms with van der Waals surface area (Å²) in [4.78, 5) is 24.0. The number of benzene rings is 2. The van der Waals surface area contributed by atoms with Crippen LogP contribution in [0.25, 0.3) is 0 Å². The van der Waals surface area contributed by atoms with E-state index >= 15 is 0 Å². The number of hydrogen-bond acceptors (Lipinski definition) is 4. The molecule has 1 aromatic heterocycles. The lowest BCUT2D eigenvalue weighted by atomic mass is 10.1. The lowest BCUT2D eigenvalue weighted by Crippen LogP contribution is -2.42. The van der Waals surface area contributed by atoms with Crippen molar-refractivity contribution in [3.8, 4) is 5.75 Å². The van der Waals surface area contributed by atoms with Crippen LogP contribution in [0.5, 0.6) is 5.75 Å². The Balaban J connectivity index is 1.48. The van der Waals surface area contributed by atoms with Crippen molar-refractivity contribution in [2.75, 3.05) is 0 Å². The van der Waals surface area contributed by atoms with E-state index in [1.165, 1.54) is 18.2 Å². The number of furan rings is 1. The molecule has 3 rings (SSSR count). The maximum Gasteiger partial charge on any atom is 0.416 e. The molecule has 0 aliphatic rings. The predicted octanol–water partition coefficient (Wildman–Crippen LogP) is 3.88. The summed E-state index contributed by atoms with van der Waals surface area (Å²) in [5.74, 6) is -0.401. The zero-order valence-electron chi connectivity index (χ0n) is 15.5. The molecule has 30 heavy (non-hydrogen) atoms. The van der Waals surface area contributed by atoms with Crippen LogP contribution < -0.4 is 15.6 Å². The lowest BCUT2D eigenvalue weighted by Gasteiger charge is -2.09. The molecule has 0 radical (unpaired) electrons. The highest BCUT2D eigenvalue weighted by molar-refractivity contribution is 5.93. The van der Waals surface area contributed by atoms with E-state index < -0.39 is 23.6 Å². The molecule has 0 spiro atoms. The highest BCUT2D eigenvalue weighted by Gasteiger charge is 2.30. The second kappa shape index (κ2) is 9.17. The number of carbonyl (C=O) groups excluding carboxylic acids is 2. The van der Waals surface area contributed by atoms with Gasteiger partial charge in [-0.2, -0.15) is 13.2 Å². The topological polar surface area (TPSA) is 80.6 Å². The Morgan fingerprint density at radius 1 is 0.933 bits per heavy atom. The molecule has 0 atom stereocenters. The molecule has 2 N–H and O–H groups in total. The van der Waals surface area contributed by atoms with Gasteiger partial charge in [0.2, 0.25) is 5.91 Å². The van der Waals surface area contributed by atoms with Crippen LogP contribution in [-0.4, -0.2) is 11.8 Å². The Hall–Kier alpha value is -3.75. The van der Waals surface area contributed by atoms with Gasteiger partial charge in [0, 0.05) is 0 Å². The van der Waals surface area contributed by atoms with E-state index in [2.05, 4.69) is 10.9 Å². The Kier molecular flexibility index (Phi) is 6.41. The third-order valence-corrected chi connectivity index (χ3v) is 3.94. The van der Waals surface area contributed by atoms with Gasteiger partial charge in [-0.1, -0.05) is 36.4 Å². The van der Waals surface area contributed by atoms with Gasteiger partial charge in [-0.05, 0) is 35.9 Å². The maximum atomic E-state index is 12.7. The average Bonchev–Trinajstić information content (AvgIpc) is 3.20. The van der Waals surface area contributed by atoms with Gasteiger partial charge in [0.25, 0.3) is 0 Å². The SMILES string of the molecule is O=C(Cc1cccc(C(F)(F)F)c1)NNC(=O)c1ccc(COc2ccccc2)o1. The normalized spacial score (nSPS) is 11.0. The molecule has 0 aliphatic carbocycles. The fourth-order valence-electron chi connectivity index (χ4n) is 2.52. The van der Waals surface area contributed by atoms with Gasteiger partial charge in [-0.25, -0.2) is 0 Å². The van der Waals surface area contributed by atoms with Crippen molar-refractivity contribution >= 4 is 11.8 Å². The molecule has 0 aliphatic heterocycles. The second-order valence-corrected chi connectivity index (χ2v) is 6.24. The number of carbonyl (C=O) groups is 2. The van der Waals surface area contributed by atoms with E-state index in [1.807, 2.05) is 18.2 Å². The van der Waals surface area contributed by atoms with E-state index in [9.17, 15) is 22.8 Å². The first-order valence-electron chi connectivity index (χ1n) is 8.83. The minimum absolute atomic E-state index is 0.0546. The zero-order valence-corrected chi connectivity index (χ0v) is 15.5. The number of nitrogens with one attached hydrogen (secondary N) is 2. The number of ether oxygens (including phenoxy) is 1. The molecule has 0 fully saturated rings. The van der Waals surface area contributed by atoms with E-state index in [-0.39, 0.29) is 24.4 Å².